The first-order valence-electron chi connectivity index (χ1n) is 7.71. The fourth-order valence-corrected chi connectivity index (χ4v) is 2.92. The number of aryl methyl sites for hydroxylation is 2. The number of benzene rings is 1. The minimum Gasteiger partial charge on any atom is -0.368 e. The molecule has 0 aliphatic heterocycles. The van der Waals surface area contributed by atoms with Crippen LogP contribution in [0, 0.1) is 13.8 Å². The predicted octanol–water partition coefficient (Wildman–Crippen LogP) is 2.49. The number of aromatic nitrogens is 2. The van der Waals surface area contributed by atoms with Gasteiger partial charge in [-0.15, -0.1) is 0 Å². The summed E-state index contributed by atoms with van der Waals surface area (Å²) < 4.78 is 0. The van der Waals surface area contributed by atoms with Crippen molar-refractivity contribution in [3.63, 3.8) is 0 Å². The molecule has 0 amide bonds. The van der Waals surface area contributed by atoms with E-state index in [0.29, 0.717) is 17.9 Å². The molecule has 1 aliphatic carbocycles. The van der Waals surface area contributed by atoms with Crippen LogP contribution in [0.4, 0.5) is 11.8 Å². The topological polar surface area (TPSA) is 89.8 Å². The summed E-state index contributed by atoms with van der Waals surface area (Å²) in [6.45, 7) is 4.96. The lowest BCUT2D eigenvalue weighted by Crippen LogP contribution is -2.35. The van der Waals surface area contributed by atoms with Crippen molar-refractivity contribution in [1.82, 2.24) is 9.97 Å². The van der Waals surface area contributed by atoms with Crippen molar-refractivity contribution >= 4 is 11.8 Å². The van der Waals surface area contributed by atoms with Crippen molar-refractivity contribution in [3.8, 4) is 0 Å². The number of nitrogens with one attached hydrogen (secondary N) is 1. The minimum absolute atomic E-state index is 0.299. The Morgan fingerprint density at radius 3 is 2.64 bits per heavy atom. The first-order chi connectivity index (χ1) is 10.5. The van der Waals surface area contributed by atoms with Crippen molar-refractivity contribution in [1.29, 1.82) is 0 Å². The van der Waals surface area contributed by atoms with Gasteiger partial charge in [0.25, 0.3) is 0 Å². The molecule has 1 aromatic carbocycles. The van der Waals surface area contributed by atoms with Gasteiger partial charge in [0.15, 0.2) is 0 Å². The lowest BCUT2D eigenvalue weighted by Gasteiger charge is -2.32. The first-order valence-corrected chi connectivity index (χ1v) is 7.71. The number of nitrogens with zero attached hydrogens (tertiary/aromatic N) is 2. The molecule has 5 N–H and O–H groups in total. The van der Waals surface area contributed by atoms with Crippen LogP contribution in [0.5, 0.6) is 0 Å². The Morgan fingerprint density at radius 2 is 1.95 bits per heavy atom. The number of anilines is 2. The van der Waals surface area contributed by atoms with Crippen LogP contribution in [0.1, 0.15) is 41.1 Å². The second kappa shape index (κ2) is 5.93. The number of nitrogens with two attached hydrogens (primary N) is 2. The summed E-state index contributed by atoms with van der Waals surface area (Å²) in [5.74, 6) is 1.52. The third kappa shape index (κ3) is 3.20. The summed E-state index contributed by atoms with van der Waals surface area (Å²) in [5, 5.41) is 3.35. The Balaban J connectivity index is 1.72. The molecule has 0 saturated heterocycles. The van der Waals surface area contributed by atoms with Crippen LogP contribution >= 0.6 is 0 Å². The molecule has 1 aromatic heterocycles. The van der Waals surface area contributed by atoms with Gasteiger partial charge in [-0.05, 0) is 37.8 Å². The minimum atomic E-state index is 0.299. The van der Waals surface area contributed by atoms with Crippen molar-refractivity contribution in [2.45, 2.75) is 45.2 Å². The van der Waals surface area contributed by atoms with Gasteiger partial charge >= 0.3 is 0 Å². The number of hydrogen-bond donors (Lipinski definition) is 3. The maximum absolute atomic E-state index is 5.86. The van der Waals surface area contributed by atoms with E-state index in [4.69, 9.17) is 11.5 Å². The summed E-state index contributed by atoms with van der Waals surface area (Å²) in [7, 11) is 0. The molecule has 3 rings (SSSR count). The summed E-state index contributed by atoms with van der Waals surface area (Å²) >= 11 is 0. The zero-order chi connectivity index (χ0) is 15.7. The highest BCUT2D eigenvalue weighted by atomic mass is 15.1. The maximum atomic E-state index is 5.86. The van der Waals surface area contributed by atoms with Gasteiger partial charge in [-0.25, -0.2) is 4.98 Å². The molecule has 22 heavy (non-hydrogen) atoms. The number of hydrogen-bond acceptors (Lipinski definition) is 5. The molecule has 1 fully saturated rings. The summed E-state index contributed by atoms with van der Waals surface area (Å²) in [4.78, 5) is 8.63. The average Bonchev–Trinajstić information content (AvgIpc) is 2.42. The van der Waals surface area contributed by atoms with Crippen molar-refractivity contribution in [2.75, 3.05) is 11.1 Å². The van der Waals surface area contributed by atoms with E-state index in [1.807, 2.05) is 6.07 Å². The predicted molar refractivity (Wildman–Crippen MR) is 89.6 cm³/mol. The molecule has 1 heterocycles. The van der Waals surface area contributed by atoms with Crippen molar-refractivity contribution in [2.24, 2.45) is 5.73 Å². The smallest absolute Gasteiger partial charge is 0.222 e. The molecule has 0 radical (unpaired) electrons. The van der Waals surface area contributed by atoms with Crippen LogP contribution in [0.15, 0.2) is 24.3 Å². The van der Waals surface area contributed by atoms with Gasteiger partial charge in [0.1, 0.15) is 5.82 Å². The van der Waals surface area contributed by atoms with Gasteiger partial charge in [-0.1, -0.05) is 23.8 Å². The zero-order valence-electron chi connectivity index (χ0n) is 13.1. The van der Waals surface area contributed by atoms with E-state index in [-0.39, 0.29) is 0 Å². The lowest BCUT2D eigenvalue weighted by molar-refractivity contribution is 0.345. The molecule has 5 heteroatoms. The number of nitrogen functional groups attached to an aromatic ring is 1. The average molecular weight is 297 g/mol. The molecule has 0 unspecified atom stereocenters. The first kappa shape index (κ1) is 14.8. The van der Waals surface area contributed by atoms with Crippen LogP contribution in [0.25, 0.3) is 0 Å². The third-order valence-electron chi connectivity index (χ3n) is 4.31. The van der Waals surface area contributed by atoms with E-state index in [1.165, 1.54) is 16.7 Å². The van der Waals surface area contributed by atoms with Gasteiger partial charge in [-0.3, -0.25) is 0 Å². The molecule has 0 atom stereocenters. The largest absolute Gasteiger partial charge is 0.368 e. The third-order valence-corrected chi connectivity index (χ3v) is 4.31. The van der Waals surface area contributed by atoms with Crippen LogP contribution in [0.3, 0.4) is 0 Å². The summed E-state index contributed by atoms with van der Waals surface area (Å²) in [6, 6.07) is 8.75. The molecule has 1 aliphatic rings. The second-order valence-corrected chi connectivity index (χ2v) is 6.25. The van der Waals surface area contributed by atoms with Gasteiger partial charge in [0.2, 0.25) is 5.95 Å². The fraction of sp³-hybridized carbons (Fsp3) is 0.412. The highest BCUT2D eigenvalue weighted by Gasteiger charge is 2.29. The maximum Gasteiger partial charge on any atom is 0.222 e. The van der Waals surface area contributed by atoms with E-state index < -0.39 is 0 Å². The normalized spacial score (nSPS) is 20.5. The Kier molecular flexibility index (Phi) is 3.98. The van der Waals surface area contributed by atoms with Crippen LogP contribution in [0.2, 0.25) is 0 Å². The van der Waals surface area contributed by atoms with Gasteiger partial charge < -0.3 is 16.8 Å². The van der Waals surface area contributed by atoms with Gasteiger partial charge in [0.05, 0.1) is 5.69 Å². The SMILES string of the molecule is Cc1ccc(CNc2cc(C3CC(N)C3)nc(N)n2)c(C)c1. The molecule has 116 valence electrons. The van der Waals surface area contributed by atoms with Gasteiger partial charge in [-0.2, -0.15) is 4.98 Å². The number of rotatable bonds is 4. The van der Waals surface area contributed by atoms with Crippen LogP contribution in [-0.2, 0) is 6.54 Å². The molecule has 0 spiro atoms. The highest BCUT2D eigenvalue weighted by molar-refractivity contribution is 5.43. The Bertz CT molecular complexity index is 677. The van der Waals surface area contributed by atoms with Crippen LogP contribution < -0.4 is 16.8 Å². The Morgan fingerprint density at radius 1 is 1.18 bits per heavy atom. The Labute approximate surface area is 131 Å². The van der Waals surface area contributed by atoms with Crippen molar-refractivity contribution < 1.29 is 0 Å². The van der Waals surface area contributed by atoms with E-state index in [9.17, 15) is 0 Å². The molecule has 5 nitrogen and oxygen atoms in total. The lowest BCUT2D eigenvalue weighted by atomic mass is 9.78. The standard InChI is InChI=1S/C17H23N5/c1-10-3-4-12(11(2)5-10)9-20-16-8-15(21-17(19)22-16)13-6-14(18)7-13/h3-5,8,13-14H,6-7,9,18H2,1-2H3,(H3,19,20,21,22). The molecule has 2 aromatic rings. The zero-order valence-corrected chi connectivity index (χ0v) is 13.1. The summed E-state index contributed by atoms with van der Waals surface area (Å²) in [6.07, 6.45) is 1.96. The molecule has 1 saturated carbocycles. The Hall–Kier alpha value is -2.14. The monoisotopic (exact) mass is 297 g/mol. The van der Waals surface area contributed by atoms with E-state index in [1.54, 1.807) is 0 Å². The van der Waals surface area contributed by atoms with Crippen molar-refractivity contribution in [3.05, 3.63) is 46.6 Å². The second-order valence-electron chi connectivity index (χ2n) is 6.25. The molecular weight excluding hydrogens is 274 g/mol. The molecular formula is C17H23N5. The van der Waals surface area contributed by atoms with Gasteiger partial charge in [0, 0.05) is 24.6 Å². The van der Waals surface area contributed by atoms with Crippen LogP contribution in [-0.4, -0.2) is 16.0 Å². The summed E-state index contributed by atoms with van der Waals surface area (Å²) in [5.41, 5.74) is 16.5. The van der Waals surface area contributed by atoms with E-state index in [0.717, 1.165) is 30.9 Å². The highest BCUT2D eigenvalue weighted by Crippen LogP contribution is 2.35. The fourth-order valence-electron chi connectivity index (χ4n) is 2.92. The van der Waals surface area contributed by atoms with E-state index >= 15 is 0 Å². The molecule has 0 bridgehead atoms. The quantitative estimate of drug-likeness (QED) is 0.806. The van der Waals surface area contributed by atoms with E-state index in [2.05, 4.69) is 47.3 Å².